The average molecular weight is 490 g/mol. The highest BCUT2D eigenvalue weighted by molar-refractivity contribution is 6.36. The van der Waals surface area contributed by atoms with E-state index in [-0.39, 0.29) is 22.0 Å². The van der Waals surface area contributed by atoms with Crippen LogP contribution in [0.3, 0.4) is 0 Å². The number of aromatic nitrogens is 5. The molecule has 35 heavy (non-hydrogen) atoms. The second-order valence-corrected chi connectivity index (χ2v) is 7.76. The topological polar surface area (TPSA) is 115 Å². The van der Waals surface area contributed by atoms with E-state index in [1.807, 2.05) is 12.1 Å². The minimum atomic E-state index is -1.55. The van der Waals surface area contributed by atoms with Crippen LogP contribution in [0.1, 0.15) is 24.2 Å². The number of nitriles is 1. The monoisotopic (exact) mass is 489 g/mol. The molecular formula is C24H15ClF2N8. The lowest BCUT2D eigenvalue weighted by atomic mass is 10.0. The van der Waals surface area contributed by atoms with Crippen LogP contribution in [0, 0.1) is 23.1 Å². The lowest BCUT2D eigenvalue weighted by Crippen LogP contribution is -2.13. The molecule has 0 bridgehead atoms. The summed E-state index contributed by atoms with van der Waals surface area (Å²) in [5.41, 5.74) is 2.18. The molecule has 0 saturated heterocycles. The Kier molecular flexibility index (Phi) is 5.58. The van der Waals surface area contributed by atoms with Gasteiger partial charge in [-0.2, -0.15) is 25.1 Å². The van der Waals surface area contributed by atoms with E-state index in [9.17, 15) is 15.4 Å². The third-order valence-corrected chi connectivity index (χ3v) is 5.40. The normalized spacial score (nSPS) is 13.0. The first kappa shape index (κ1) is 20.9. The van der Waals surface area contributed by atoms with Crippen LogP contribution in [0.25, 0.3) is 10.9 Å². The molecule has 1 atom stereocenters. The molecule has 0 aliphatic rings. The Morgan fingerprint density at radius 2 is 1.89 bits per heavy atom. The van der Waals surface area contributed by atoms with E-state index in [0.29, 0.717) is 27.8 Å². The van der Waals surface area contributed by atoms with Crippen molar-refractivity contribution >= 4 is 39.6 Å². The van der Waals surface area contributed by atoms with Gasteiger partial charge >= 0.3 is 0 Å². The van der Waals surface area contributed by atoms with Crippen LogP contribution in [0.2, 0.25) is 5.02 Å². The Hall–Kier alpha value is -4.62. The van der Waals surface area contributed by atoms with Crippen molar-refractivity contribution in [2.24, 2.45) is 0 Å². The highest BCUT2D eigenvalue weighted by Gasteiger charge is 2.19. The highest BCUT2D eigenvalue weighted by atomic mass is 35.5. The van der Waals surface area contributed by atoms with Crippen LogP contribution in [0.15, 0.2) is 67.1 Å². The Bertz CT molecular complexity index is 1610. The quantitative estimate of drug-likeness (QED) is 0.270. The maximum Gasteiger partial charge on any atom is 0.249 e. The number of aromatic amines is 1. The Morgan fingerprint density at radius 1 is 1.06 bits per heavy atom. The second-order valence-electron chi connectivity index (χ2n) is 7.36. The molecule has 0 aliphatic heterocycles. The Morgan fingerprint density at radius 3 is 2.60 bits per heavy atom. The number of pyridine rings is 2. The number of nitrogens with one attached hydrogen (secondary N) is 3. The zero-order chi connectivity index (χ0) is 25.3. The van der Waals surface area contributed by atoms with Gasteiger partial charge in [0.25, 0.3) is 0 Å². The first-order valence-electron chi connectivity index (χ1n) is 10.7. The Labute approximate surface area is 204 Å². The molecule has 3 aromatic heterocycles. The van der Waals surface area contributed by atoms with E-state index in [1.165, 1.54) is 12.4 Å². The molecule has 0 unspecified atom stereocenters. The van der Waals surface area contributed by atoms with Gasteiger partial charge in [-0.25, -0.2) is 9.37 Å². The van der Waals surface area contributed by atoms with Gasteiger partial charge in [-0.15, -0.1) is 0 Å². The minimum Gasteiger partial charge on any atom is -0.373 e. The molecule has 0 aliphatic carbocycles. The molecule has 0 spiro atoms. The van der Waals surface area contributed by atoms with Crippen molar-refractivity contribution in [2.45, 2.75) is 6.02 Å². The van der Waals surface area contributed by atoms with Gasteiger partial charge in [-0.3, -0.25) is 4.98 Å². The molecule has 0 saturated carbocycles. The van der Waals surface area contributed by atoms with Gasteiger partial charge in [0.05, 0.1) is 47.3 Å². The molecule has 3 heterocycles. The van der Waals surface area contributed by atoms with Crippen LogP contribution < -0.4 is 10.6 Å². The molecule has 3 N–H and O–H groups in total. The van der Waals surface area contributed by atoms with Gasteiger partial charge in [0.15, 0.2) is 5.82 Å². The zero-order valence-electron chi connectivity index (χ0n) is 18.7. The van der Waals surface area contributed by atoms with Crippen molar-refractivity contribution in [3.05, 3.63) is 101 Å². The number of halogens is 3. The first-order chi connectivity index (χ1) is 17.4. The molecule has 11 heteroatoms. The number of anilines is 3. The predicted octanol–water partition coefficient (Wildman–Crippen LogP) is 5.50. The molecule has 172 valence electrons. The fourth-order valence-corrected chi connectivity index (χ4v) is 3.81. The molecule has 5 aromatic rings. The fourth-order valence-electron chi connectivity index (χ4n) is 3.54. The highest BCUT2D eigenvalue weighted by Crippen LogP contribution is 2.36. The molecule has 5 rings (SSSR count). The Balaban J connectivity index is 1.65. The van der Waals surface area contributed by atoms with E-state index in [4.69, 9.17) is 11.6 Å². The summed E-state index contributed by atoms with van der Waals surface area (Å²) in [6.07, 6.45) is 3.86. The largest absolute Gasteiger partial charge is 0.373 e. The number of nitrogens with zero attached hydrogens (tertiary/aromatic N) is 5. The summed E-state index contributed by atoms with van der Waals surface area (Å²) in [5.74, 6) is -2.39. The second kappa shape index (κ2) is 9.32. The number of hydrogen-bond donors (Lipinski definition) is 3. The molecule has 0 fully saturated rings. The van der Waals surface area contributed by atoms with E-state index < -0.39 is 17.8 Å². The van der Waals surface area contributed by atoms with Crippen molar-refractivity contribution in [1.82, 2.24) is 25.4 Å². The van der Waals surface area contributed by atoms with Gasteiger partial charge in [-0.1, -0.05) is 41.9 Å². The van der Waals surface area contributed by atoms with Crippen molar-refractivity contribution in [3.8, 4) is 6.07 Å². The van der Waals surface area contributed by atoms with E-state index >= 15 is 0 Å². The number of fused-ring (bicyclic) bond motifs is 1. The maximum absolute atomic E-state index is 13.8. The number of rotatable bonds is 6. The number of benzene rings is 2. The summed E-state index contributed by atoms with van der Waals surface area (Å²) in [7, 11) is 0. The summed E-state index contributed by atoms with van der Waals surface area (Å²) in [6.45, 7) is 0. The zero-order valence-corrected chi connectivity index (χ0v) is 18.5. The van der Waals surface area contributed by atoms with Crippen LogP contribution >= 0.6 is 11.6 Å². The molecule has 8 nitrogen and oxygen atoms in total. The van der Waals surface area contributed by atoms with E-state index in [0.717, 1.165) is 12.3 Å². The summed E-state index contributed by atoms with van der Waals surface area (Å²) >= 11 is 6.55. The van der Waals surface area contributed by atoms with E-state index in [1.54, 1.807) is 36.4 Å². The lowest BCUT2D eigenvalue weighted by molar-refractivity contribution is 0.480. The molecule has 0 radical (unpaired) electrons. The molecular weight excluding hydrogens is 474 g/mol. The van der Waals surface area contributed by atoms with Crippen molar-refractivity contribution in [2.75, 3.05) is 10.6 Å². The van der Waals surface area contributed by atoms with Crippen LogP contribution in [-0.4, -0.2) is 25.4 Å². The van der Waals surface area contributed by atoms with Gasteiger partial charge in [0.1, 0.15) is 11.8 Å². The van der Waals surface area contributed by atoms with Crippen LogP contribution in [0.4, 0.5) is 25.8 Å². The van der Waals surface area contributed by atoms with E-state index in [2.05, 4.69) is 36.0 Å². The summed E-state index contributed by atoms with van der Waals surface area (Å²) < 4.78 is 36.3. The third-order valence-electron chi connectivity index (χ3n) is 5.11. The summed E-state index contributed by atoms with van der Waals surface area (Å²) in [4.78, 5) is 7.66. The van der Waals surface area contributed by atoms with Crippen molar-refractivity contribution in [1.29, 1.82) is 5.26 Å². The first-order valence-corrected chi connectivity index (χ1v) is 10.6. The summed E-state index contributed by atoms with van der Waals surface area (Å²) in [5, 5.41) is 26.9. The average Bonchev–Trinajstić information content (AvgIpc) is 3.43. The predicted molar refractivity (Wildman–Crippen MR) is 127 cm³/mol. The van der Waals surface area contributed by atoms with Gasteiger partial charge in [0.2, 0.25) is 5.95 Å². The van der Waals surface area contributed by atoms with Gasteiger partial charge in [0, 0.05) is 23.3 Å². The van der Waals surface area contributed by atoms with Gasteiger partial charge < -0.3 is 10.6 Å². The van der Waals surface area contributed by atoms with Gasteiger partial charge in [-0.05, 0) is 17.7 Å². The SMILES string of the molecule is [2H][C@@](Nc1cc(Cl)c2ncc(C#N)c(Nc3cnc(F)c(F)c3)c2c1)(c1ccccc1)c1cn[nH]n1. The van der Waals surface area contributed by atoms with Crippen molar-refractivity contribution in [3.63, 3.8) is 0 Å². The van der Waals surface area contributed by atoms with Crippen LogP contribution in [0.5, 0.6) is 0 Å². The number of hydrogen-bond acceptors (Lipinski definition) is 7. The molecule has 2 aromatic carbocycles. The fraction of sp³-hybridized carbons (Fsp3) is 0.0417. The summed E-state index contributed by atoms with van der Waals surface area (Å²) in [6, 6.07) is 13.6. The standard InChI is InChI=1S/C24H15ClF2N8/c25-18-7-15(32-22(20-12-31-35-34-20)13-4-2-1-3-5-13)6-17-21(14(9-28)10-29-23(17)18)33-16-8-19(26)24(27)30-11-16/h1-8,10-12,22,32H,(H,29,33)(H,31,34,35)/t22-/m1/s1/i22D. The smallest absolute Gasteiger partial charge is 0.249 e. The van der Waals surface area contributed by atoms with Crippen LogP contribution in [-0.2, 0) is 0 Å². The number of H-pyrrole nitrogens is 1. The third kappa shape index (κ3) is 4.45. The maximum atomic E-state index is 13.8. The minimum absolute atomic E-state index is 0.120. The van der Waals surface area contributed by atoms with Crippen molar-refractivity contribution < 1.29 is 10.2 Å². The lowest BCUT2D eigenvalue weighted by Gasteiger charge is -2.20. The molecule has 0 amide bonds.